The van der Waals surface area contributed by atoms with Crippen LogP contribution in [0.5, 0.6) is 5.75 Å². The van der Waals surface area contributed by atoms with Crippen LogP contribution in [0.4, 0.5) is 4.79 Å². The van der Waals surface area contributed by atoms with Crippen molar-refractivity contribution in [3.8, 4) is 5.75 Å². The molecule has 122 valence electrons. The number of aromatic nitrogens is 2. The fraction of sp³-hybridized carbons (Fsp3) is 0.167. The summed E-state index contributed by atoms with van der Waals surface area (Å²) in [5.74, 6) is 0.107. The Bertz CT molecular complexity index is 706. The Morgan fingerprint density at radius 1 is 1.26 bits per heavy atom. The number of hydrogen-bond donors (Lipinski definition) is 1. The maximum atomic E-state index is 11.4. The minimum atomic E-state index is -4.27. The zero-order chi connectivity index (χ0) is 15.3. The van der Waals surface area contributed by atoms with Crippen molar-refractivity contribution < 1.29 is 27.2 Å². The zero-order valence-corrected chi connectivity index (χ0v) is 12.8. The molecule has 2 aromatic rings. The molecule has 0 amide bonds. The van der Waals surface area contributed by atoms with Gasteiger partial charge < -0.3 is 14.0 Å². The number of imidazole rings is 1. The predicted molar refractivity (Wildman–Crippen MR) is 84.9 cm³/mol. The van der Waals surface area contributed by atoms with Crippen molar-refractivity contribution in [3.05, 3.63) is 43.0 Å². The topological polar surface area (TPSA) is 108 Å². The Morgan fingerprint density at radius 2 is 1.91 bits per heavy atom. The molecule has 11 heteroatoms. The van der Waals surface area contributed by atoms with Gasteiger partial charge in [0.05, 0.1) is 17.8 Å². The van der Waals surface area contributed by atoms with Gasteiger partial charge in [-0.25, -0.2) is 9.78 Å². The summed E-state index contributed by atoms with van der Waals surface area (Å²) in [7, 11) is -4.27. The monoisotopic (exact) mass is 372 g/mol. The molecule has 1 aromatic carbocycles. The van der Waals surface area contributed by atoms with Gasteiger partial charge in [-0.15, -0.1) is 12.4 Å². The molecule has 0 aliphatic rings. The average Bonchev–Trinajstić information content (AvgIpc) is 2.91. The van der Waals surface area contributed by atoms with E-state index in [1.807, 2.05) is 0 Å². The van der Waals surface area contributed by atoms with Crippen molar-refractivity contribution in [2.24, 2.45) is 0 Å². The summed E-state index contributed by atoms with van der Waals surface area (Å²) in [6.07, 6.45) is 4.01. The molecule has 0 bridgehead atoms. The Hall–Kier alpha value is -1.10. The van der Waals surface area contributed by atoms with E-state index in [0.29, 0.717) is 6.54 Å². The number of halogens is 1. The van der Waals surface area contributed by atoms with Crippen LogP contribution in [0.15, 0.2) is 47.9 Å². The summed E-state index contributed by atoms with van der Waals surface area (Å²) in [5.41, 5.74) is 0. The molecule has 0 saturated carbocycles. The van der Waals surface area contributed by atoms with Gasteiger partial charge in [0.25, 0.3) is 10.1 Å². The molecule has 1 aromatic heterocycles. The van der Waals surface area contributed by atoms with Gasteiger partial charge in [0.2, 0.25) is 0 Å². The van der Waals surface area contributed by atoms with Crippen LogP contribution in [0.1, 0.15) is 0 Å². The van der Waals surface area contributed by atoms with Crippen LogP contribution in [0.3, 0.4) is 0 Å². The average molecular weight is 373 g/mol. The summed E-state index contributed by atoms with van der Waals surface area (Å²) >= 11 is 0. The second kappa shape index (κ2) is 9.91. The summed E-state index contributed by atoms with van der Waals surface area (Å²) in [6.45, 7) is 0.551. The second-order valence-corrected chi connectivity index (χ2v) is 5.37. The molecule has 0 saturated heterocycles. The van der Waals surface area contributed by atoms with Crippen molar-refractivity contribution in [2.75, 3.05) is 6.61 Å². The third-order valence-electron chi connectivity index (χ3n) is 2.45. The van der Waals surface area contributed by atoms with Gasteiger partial charge in [-0.05, 0) is 24.3 Å². The minimum absolute atomic E-state index is 0. The number of ether oxygens (including phenoxy) is 2. The van der Waals surface area contributed by atoms with Crippen molar-refractivity contribution >= 4 is 58.2 Å². The molecular formula is C12H14ClN2NaO6S. The summed E-state index contributed by atoms with van der Waals surface area (Å²) in [4.78, 5) is 14.9. The van der Waals surface area contributed by atoms with Gasteiger partial charge in [0.1, 0.15) is 12.4 Å². The van der Waals surface area contributed by atoms with Crippen LogP contribution in [-0.4, -0.2) is 64.8 Å². The molecule has 1 N–H and O–H groups in total. The van der Waals surface area contributed by atoms with Gasteiger partial charge in [-0.1, -0.05) is 0 Å². The van der Waals surface area contributed by atoms with Crippen LogP contribution < -0.4 is 4.74 Å². The van der Waals surface area contributed by atoms with E-state index in [2.05, 4.69) is 4.98 Å². The molecule has 1 heterocycles. The van der Waals surface area contributed by atoms with Crippen LogP contribution in [0.2, 0.25) is 0 Å². The number of benzene rings is 1. The summed E-state index contributed by atoms with van der Waals surface area (Å²) in [6, 6.07) is 4.70. The maximum absolute atomic E-state index is 11.4. The Kier molecular flexibility index (Phi) is 9.44. The van der Waals surface area contributed by atoms with Crippen LogP contribution in [0, 0.1) is 0 Å². The number of carbonyl (C=O) groups is 1. The van der Waals surface area contributed by atoms with Gasteiger partial charge in [0, 0.05) is 12.4 Å². The SMILES string of the molecule is Cl.O=C(OCCn1ccnc1)Oc1ccc(S(=O)(=O)O)cc1.[NaH]. The zero-order valence-electron chi connectivity index (χ0n) is 11.2. The first kappa shape index (κ1) is 21.9. The molecule has 0 atom stereocenters. The summed E-state index contributed by atoms with van der Waals surface area (Å²) < 4.78 is 41.9. The number of hydrogen-bond acceptors (Lipinski definition) is 6. The van der Waals surface area contributed by atoms with Gasteiger partial charge >= 0.3 is 35.7 Å². The van der Waals surface area contributed by atoms with E-state index in [0.717, 1.165) is 12.1 Å². The molecule has 23 heavy (non-hydrogen) atoms. The standard InChI is InChI=1S/C12H12N2O6S.ClH.Na.H/c15-12(19-8-7-14-6-5-13-9-14)20-10-1-3-11(4-2-10)21(16,17)18;;;/h1-6,9H,7-8H2,(H,16,17,18);1H;;. The number of nitrogens with zero attached hydrogens (tertiary/aromatic N) is 2. The fourth-order valence-electron chi connectivity index (χ4n) is 1.46. The first-order valence-corrected chi connectivity index (χ1v) is 7.27. The second-order valence-electron chi connectivity index (χ2n) is 3.95. The fourth-order valence-corrected chi connectivity index (χ4v) is 1.94. The van der Waals surface area contributed by atoms with Gasteiger partial charge in [-0.3, -0.25) is 4.55 Å². The van der Waals surface area contributed by atoms with E-state index >= 15 is 0 Å². The molecule has 0 fully saturated rings. The van der Waals surface area contributed by atoms with Crippen LogP contribution in [-0.2, 0) is 21.4 Å². The van der Waals surface area contributed by atoms with E-state index < -0.39 is 16.3 Å². The molecule has 0 aliphatic heterocycles. The van der Waals surface area contributed by atoms with E-state index in [4.69, 9.17) is 14.0 Å². The van der Waals surface area contributed by atoms with Gasteiger partial charge in [-0.2, -0.15) is 8.42 Å². The predicted octanol–water partition coefficient (Wildman–Crippen LogP) is 1.12. The number of rotatable bonds is 5. The first-order valence-electron chi connectivity index (χ1n) is 5.83. The van der Waals surface area contributed by atoms with Gasteiger partial charge in [0.15, 0.2) is 0 Å². The van der Waals surface area contributed by atoms with Crippen molar-refractivity contribution in [3.63, 3.8) is 0 Å². The normalized spacial score (nSPS) is 10.1. The molecule has 2 rings (SSSR count). The van der Waals surface area contributed by atoms with Crippen molar-refractivity contribution in [2.45, 2.75) is 11.4 Å². The Morgan fingerprint density at radius 3 is 2.43 bits per heavy atom. The molecule has 0 unspecified atom stereocenters. The quantitative estimate of drug-likeness (QED) is 0.362. The Labute approximate surface area is 161 Å². The third kappa shape index (κ3) is 7.34. The molecular weight excluding hydrogens is 359 g/mol. The molecule has 0 spiro atoms. The Balaban J connectivity index is 0.00000242. The first-order chi connectivity index (χ1) is 9.95. The van der Waals surface area contributed by atoms with E-state index in [1.54, 1.807) is 23.3 Å². The van der Waals surface area contributed by atoms with Crippen LogP contribution >= 0.6 is 12.4 Å². The third-order valence-corrected chi connectivity index (χ3v) is 3.32. The summed E-state index contributed by atoms with van der Waals surface area (Å²) in [5, 5.41) is 0. The molecule has 0 aliphatic carbocycles. The van der Waals surface area contributed by atoms with E-state index in [1.165, 1.54) is 12.1 Å². The van der Waals surface area contributed by atoms with Crippen molar-refractivity contribution in [1.29, 1.82) is 0 Å². The van der Waals surface area contributed by atoms with E-state index in [-0.39, 0.29) is 59.2 Å². The molecule has 0 radical (unpaired) electrons. The number of carbonyl (C=O) groups excluding carboxylic acids is 1. The van der Waals surface area contributed by atoms with E-state index in [9.17, 15) is 13.2 Å². The molecule has 8 nitrogen and oxygen atoms in total. The van der Waals surface area contributed by atoms with Crippen molar-refractivity contribution in [1.82, 2.24) is 9.55 Å². The van der Waals surface area contributed by atoms with Crippen LogP contribution in [0.25, 0.3) is 0 Å².